The summed E-state index contributed by atoms with van der Waals surface area (Å²) in [4.78, 5) is 41.2. The highest BCUT2D eigenvalue weighted by atomic mass is 16.5. The molecule has 2 aromatic rings. The van der Waals surface area contributed by atoms with Crippen LogP contribution in [0.3, 0.4) is 0 Å². The van der Waals surface area contributed by atoms with E-state index >= 15 is 0 Å². The average molecular weight is 394 g/mol. The molecule has 2 aromatic carbocycles. The number of rotatable bonds is 9. The van der Waals surface area contributed by atoms with E-state index in [1.165, 1.54) is 12.0 Å². The molecule has 0 fully saturated rings. The van der Waals surface area contributed by atoms with Gasteiger partial charge in [0.25, 0.3) is 11.8 Å². The second-order valence-electron chi connectivity index (χ2n) is 7.03. The Morgan fingerprint density at radius 1 is 0.931 bits per heavy atom. The van der Waals surface area contributed by atoms with Crippen LogP contribution in [0, 0.1) is 0 Å². The summed E-state index contributed by atoms with van der Waals surface area (Å²) in [5, 5.41) is 0. The lowest BCUT2D eigenvalue weighted by molar-refractivity contribution is -0.119. The highest BCUT2D eigenvalue weighted by molar-refractivity contribution is 6.21. The van der Waals surface area contributed by atoms with Gasteiger partial charge in [-0.15, -0.1) is 0 Å². The molecule has 0 spiro atoms. The molecule has 0 bridgehead atoms. The molecule has 3 rings (SSSR count). The molecule has 0 aromatic heterocycles. The lowest BCUT2D eigenvalue weighted by atomic mass is 10.1. The van der Waals surface area contributed by atoms with Crippen molar-refractivity contribution in [2.75, 3.05) is 18.7 Å². The van der Waals surface area contributed by atoms with Crippen LogP contribution in [0.4, 0.5) is 5.69 Å². The van der Waals surface area contributed by atoms with Crippen molar-refractivity contribution in [2.24, 2.45) is 0 Å². The average Bonchev–Trinajstić information content (AvgIpc) is 2.99. The van der Waals surface area contributed by atoms with Crippen LogP contribution in [0.1, 0.15) is 59.7 Å². The van der Waals surface area contributed by atoms with Crippen molar-refractivity contribution in [3.8, 4) is 5.75 Å². The number of imide groups is 1. The SMILES string of the molecule is CCCCCCC(=O)N(CN1C(=O)c2ccccc2C1=O)c1ccccc1OC. The van der Waals surface area contributed by atoms with Crippen LogP contribution in [-0.4, -0.2) is 36.4 Å². The zero-order chi connectivity index (χ0) is 20.8. The van der Waals surface area contributed by atoms with Crippen LogP contribution in [0.2, 0.25) is 0 Å². The third kappa shape index (κ3) is 4.31. The number of amides is 3. The highest BCUT2D eigenvalue weighted by Crippen LogP contribution is 2.30. The van der Waals surface area contributed by atoms with Crippen LogP contribution in [0.25, 0.3) is 0 Å². The number of hydrogen-bond acceptors (Lipinski definition) is 4. The highest BCUT2D eigenvalue weighted by Gasteiger charge is 2.37. The Balaban J connectivity index is 1.87. The first-order valence-corrected chi connectivity index (χ1v) is 9.97. The number of nitrogens with zero attached hydrogens (tertiary/aromatic N) is 2. The minimum atomic E-state index is -0.385. The van der Waals surface area contributed by atoms with Crippen molar-refractivity contribution < 1.29 is 19.1 Å². The van der Waals surface area contributed by atoms with Gasteiger partial charge in [0.2, 0.25) is 5.91 Å². The molecule has 0 unspecified atom stereocenters. The fourth-order valence-electron chi connectivity index (χ4n) is 3.49. The Hall–Kier alpha value is -3.15. The Morgan fingerprint density at radius 3 is 2.17 bits per heavy atom. The summed E-state index contributed by atoms with van der Waals surface area (Å²) in [6.45, 7) is 1.98. The minimum Gasteiger partial charge on any atom is -0.495 e. The second-order valence-corrected chi connectivity index (χ2v) is 7.03. The third-order valence-corrected chi connectivity index (χ3v) is 5.08. The van der Waals surface area contributed by atoms with Gasteiger partial charge in [0.05, 0.1) is 23.9 Å². The summed E-state index contributed by atoms with van der Waals surface area (Å²) in [7, 11) is 1.53. The fourth-order valence-corrected chi connectivity index (χ4v) is 3.49. The zero-order valence-corrected chi connectivity index (χ0v) is 16.9. The van der Waals surface area contributed by atoms with E-state index in [4.69, 9.17) is 4.74 Å². The van der Waals surface area contributed by atoms with Crippen molar-refractivity contribution in [1.82, 2.24) is 4.90 Å². The van der Waals surface area contributed by atoms with Crippen molar-refractivity contribution in [1.29, 1.82) is 0 Å². The number of carbonyl (C=O) groups is 3. The molecule has 6 heteroatoms. The first-order chi connectivity index (χ1) is 14.1. The fraction of sp³-hybridized carbons (Fsp3) is 0.348. The smallest absolute Gasteiger partial charge is 0.263 e. The largest absolute Gasteiger partial charge is 0.495 e. The number of carbonyl (C=O) groups excluding carboxylic acids is 3. The number of unbranched alkanes of at least 4 members (excludes halogenated alkanes) is 3. The molecule has 0 saturated carbocycles. The van der Waals surface area contributed by atoms with Gasteiger partial charge in [-0.3, -0.25) is 24.2 Å². The van der Waals surface area contributed by atoms with Gasteiger partial charge < -0.3 is 4.74 Å². The Labute approximate surface area is 171 Å². The quantitative estimate of drug-likeness (QED) is 0.471. The number of para-hydroxylation sites is 2. The first kappa shape index (κ1) is 20.6. The van der Waals surface area contributed by atoms with Crippen molar-refractivity contribution in [3.05, 3.63) is 59.7 Å². The Morgan fingerprint density at radius 2 is 1.55 bits per heavy atom. The van der Waals surface area contributed by atoms with Gasteiger partial charge in [-0.2, -0.15) is 0 Å². The minimum absolute atomic E-state index is 0.137. The number of hydrogen-bond donors (Lipinski definition) is 0. The number of ether oxygens (including phenoxy) is 1. The van der Waals surface area contributed by atoms with Gasteiger partial charge in [-0.25, -0.2) is 0 Å². The second kappa shape index (κ2) is 9.37. The molecule has 1 aliphatic heterocycles. The van der Waals surface area contributed by atoms with E-state index in [1.807, 2.05) is 6.07 Å². The van der Waals surface area contributed by atoms with E-state index in [-0.39, 0.29) is 24.4 Å². The molecule has 0 N–H and O–H groups in total. The lowest BCUT2D eigenvalue weighted by Crippen LogP contribution is -2.44. The van der Waals surface area contributed by atoms with E-state index in [9.17, 15) is 14.4 Å². The van der Waals surface area contributed by atoms with Crippen molar-refractivity contribution in [3.63, 3.8) is 0 Å². The molecule has 0 saturated heterocycles. The molecule has 152 valence electrons. The van der Waals surface area contributed by atoms with Gasteiger partial charge >= 0.3 is 0 Å². The van der Waals surface area contributed by atoms with Gasteiger partial charge in [-0.1, -0.05) is 50.5 Å². The molecule has 0 radical (unpaired) electrons. The molecule has 0 aliphatic carbocycles. The van der Waals surface area contributed by atoms with Crippen LogP contribution < -0.4 is 9.64 Å². The molecular weight excluding hydrogens is 368 g/mol. The van der Waals surface area contributed by atoms with Gasteiger partial charge in [0.15, 0.2) is 0 Å². The monoisotopic (exact) mass is 394 g/mol. The molecule has 29 heavy (non-hydrogen) atoms. The van der Waals surface area contributed by atoms with E-state index in [1.54, 1.807) is 42.5 Å². The molecular formula is C23H26N2O4. The van der Waals surface area contributed by atoms with Crippen molar-refractivity contribution in [2.45, 2.75) is 39.0 Å². The summed E-state index contributed by atoms with van der Waals surface area (Å²) in [5.41, 5.74) is 1.28. The third-order valence-electron chi connectivity index (χ3n) is 5.08. The van der Waals surface area contributed by atoms with Gasteiger partial charge in [0, 0.05) is 6.42 Å². The Kier molecular flexibility index (Phi) is 6.65. The number of benzene rings is 2. The van der Waals surface area contributed by atoms with Crippen LogP contribution in [-0.2, 0) is 4.79 Å². The standard InChI is InChI=1S/C23H26N2O4/c1-3-4-5-6-15-21(26)24(19-13-9-10-14-20(19)29-2)16-25-22(27)17-11-7-8-12-18(17)23(25)28/h7-14H,3-6,15-16H2,1-2H3. The zero-order valence-electron chi connectivity index (χ0n) is 16.9. The summed E-state index contributed by atoms with van der Waals surface area (Å²) in [5.74, 6) is -0.387. The topological polar surface area (TPSA) is 66.9 Å². The van der Waals surface area contributed by atoms with E-state index in [0.29, 0.717) is 29.0 Å². The number of methoxy groups -OCH3 is 1. The Bertz CT molecular complexity index is 874. The van der Waals surface area contributed by atoms with E-state index in [0.717, 1.165) is 30.6 Å². The first-order valence-electron chi connectivity index (χ1n) is 9.97. The maximum atomic E-state index is 13.1. The maximum absolute atomic E-state index is 13.1. The van der Waals surface area contributed by atoms with Gasteiger partial charge in [0.1, 0.15) is 12.4 Å². The van der Waals surface area contributed by atoms with E-state index < -0.39 is 0 Å². The van der Waals surface area contributed by atoms with Crippen LogP contribution >= 0.6 is 0 Å². The van der Waals surface area contributed by atoms with E-state index in [2.05, 4.69) is 6.92 Å². The number of fused-ring (bicyclic) bond motifs is 1. The summed E-state index contributed by atoms with van der Waals surface area (Å²) < 4.78 is 5.42. The van der Waals surface area contributed by atoms with Gasteiger partial charge in [-0.05, 0) is 30.7 Å². The lowest BCUT2D eigenvalue weighted by Gasteiger charge is -2.28. The molecule has 1 aliphatic rings. The number of anilines is 1. The van der Waals surface area contributed by atoms with Crippen LogP contribution in [0.5, 0.6) is 5.75 Å². The summed E-state index contributed by atoms with van der Waals surface area (Å²) >= 11 is 0. The normalized spacial score (nSPS) is 12.8. The molecule has 1 heterocycles. The van der Waals surface area contributed by atoms with Crippen LogP contribution in [0.15, 0.2) is 48.5 Å². The predicted molar refractivity (Wildman–Crippen MR) is 111 cm³/mol. The van der Waals surface area contributed by atoms with Crippen molar-refractivity contribution >= 4 is 23.4 Å². The summed E-state index contributed by atoms with van der Waals surface area (Å²) in [6, 6.07) is 13.9. The maximum Gasteiger partial charge on any atom is 0.263 e. The summed E-state index contributed by atoms with van der Waals surface area (Å²) in [6.07, 6.45) is 4.23. The molecule has 3 amide bonds. The predicted octanol–water partition coefficient (Wildman–Crippen LogP) is 4.25. The molecule has 0 atom stereocenters. The molecule has 6 nitrogen and oxygen atoms in total.